The first-order valence-electron chi connectivity index (χ1n) is 4.78. The predicted octanol–water partition coefficient (Wildman–Crippen LogP) is 0.146. The largest absolute Gasteiger partial charge is 0.330 e. The molecule has 0 bridgehead atoms. The highest BCUT2D eigenvalue weighted by Crippen LogP contribution is 2.10. The summed E-state index contributed by atoms with van der Waals surface area (Å²) in [5, 5.41) is 0. The van der Waals surface area contributed by atoms with Crippen LogP contribution in [0.2, 0.25) is 0 Å². The smallest absolute Gasteiger partial charge is 0.303 e. The Bertz CT molecular complexity index is 626. The second-order valence-corrected chi connectivity index (χ2v) is 3.54. The maximum absolute atomic E-state index is 11.9. The van der Waals surface area contributed by atoms with Crippen LogP contribution in [0.25, 0.3) is 11.1 Å². The van der Waals surface area contributed by atoms with Crippen LogP contribution in [0.5, 0.6) is 0 Å². The standard InChI is InChI=1S/C11H11N3O2/c1-13-7-9(8-4-3-5-12-6-8)10(15)14(2)11(13)16/h3-7H,1-2H3. The van der Waals surface area contributed by atoms with E-state index >= 15 is 0 Å². The molecule has 2 heterocycles. The Labute approximate surface area is 91.6 Å². The van der Waals surface area contributed by atoms with Crippen LogP contribution in [-0.2, 0) is 14.1 Å². The minimum atomic E-state index is -0.336. The normalized spacial score (nSPS) is 10.4. The molecule has 0 aliphatic heterocycles. The fraction of sp³-hybridized carbons (Fsp3) is 0.182. The topological polar surface area (TPSA) is 56.9 Å². The number of nitrogens with zero attached hydrogens (tertiary/aromatic N) is 3. The van der Waals surface area contributed by atoms with Crippen LogP contribution in [0.15, 0.2) is 40.3 Å². The van der Waals surface area contributed by atoms with Crippen molar-refractivity contribution in [2.24, 2.45) is 14.1 Å². The van der Waals surface area contributed by atoms with Gasteiger partial charge >= 0.3 is 5.69 Å². The van der Waals surface area contributed by atoms with Crippen molar-refractivity contribution in [2.45, 2.75) is 0 Å². The Hall–Kier alpha value is -2.17. The Morgan fingerprint density at radius 3 is 2.62 bits per heavy atom. The van der Waals surface area contributed by atoms with Gasteiger partial charge in [-0.25, -0.2) is 4.79 Å². The molecule has 5 heteroatoms. The fourth-order valence-corrected chi connectivity index (χ4v) is 1.53. The van der Waals surface area contributed by atoms with Crippen molar-refractivity contribution in [1.82, 2.24) is 14.1 Å². The summed E-state index contributed by atoms with van der Waals surface area (Å²) in [7, 11) is 3.08. The van der Waals surface area contributed by atoms with E-state index in [4.69, 9.17) is 0 Å². The van der Waals surface area contributed by atoms with Gasteiger partial charge in [0.25, 0.3) is 5.56 Å². The molecule has 0 radical (unpaired) electrons. The van der Waals surface area contributed by atoms with Crippen LogP contribution in [0.4, 0.5) is 0 Å². The van der Waals surface area contributed by atoms with Gasteiger partial charge in [0.15, 0.2) is 0 Å². The summed E-state index contributed by atoms with van der Waals surface area (Å²) >= 11 is 0. The first kappa shape index (κ1) is 10.4. The average molecular weight is 217 g/mol. The van der Waals surface area contributed by atoms with Gasteiger partial charge in [-0.1, -0.05) is 6.07 Å². The molecule has 2 aromatic rings. The van der Waals surface area contributed by atoms with Crippen molar-refractivity contribution >= 4 is 0 Å². The number of rotatable bonds is 1. The number of aryl methyl sites for hydroxylation is 1. The number of aromatic nitrogens is 3. The summed E-state index contributed by atoms with van der Waals surface area (Å²) in [5.41, 5.74) is 0.533. The van der Waals surface area contributed by atoms with Gasteiger partial charge in [-0.2, -0.15) is 0 Å². The van der Waals surface area contributed by atoms with E-state index in [2.05, 4.69) is 4.98 Å². The van der Waals surface area contributed by atoms with Crippen molar-refractivity contribution in [3.63, 3.8) is 0 Å². The lowest BCUT2D eigenvalue weighted by molar-refractivity contribution is 0.688. The number of hydrogen-bond acceptors (Lipinski definition) is 3. The van der Waals surface area contributed by atoms with E-state index in [0.717, 1.165) is 4.57 Å². The molecule has 5 nitrogen and oxygen atoms in total. The maximum Gasteiger partial charge on any atom is 0.330 e. The lowest BCUT2D eigenvalue weighted by Crippen LogP contribution is -2.37. The van der Waals surface area contributed by atoms with E-state index in [0.29, 0.717) is 11.1 Å². The summed E-state index contributed by atoms with van der Waals surface area (Å²) < 4.78 is 2.46. The zero-order valence-electron chi connectivity index (χ0n) is 9.04. The molecule has 0 saturated carbocycles. The van der Waals surface area contributed by atoms with Gasteiger partial charge in [-0.15, -0.1) is 0 Å². The van der Waals surface area contributed by atoms with Crippen LogP contribution < -0.4 is 11.2 Å². The lowest BCUT2D eigenvalue weighted by Gasteiger charge is -2.05. The summed E-state index contributed by atoms with van der Waals surface area (Å²) in [6.07, 6.45) is 4.76. The molecule has 0 aromatic carbocycles. The van der Waals surface area contributed by atoms with Crippen molar-refractivity contribution in [1.29, 1.82) is 0 Å². The summed E-state index contributed by atoms with van der Waals surface area (Å²) in [5.74, 6) is 0. The van der Waals surface area contributed by atoms with Crippen molar-refractivity contribution in [3.8, 4) is 11.1 Å². The molecule has 0 amide bonds. The third-order valence-electron chi connectivity index (χ3n) is 2.42. The highest BCUT2D eigenvalue weighted by atomic mass is 16.2. The number of pyridine rings is 1. The second-order valence-electron chi connectivity index (χ2n) is 3.54. The van der Waals surface area contributed by atoms with Crippen molar-refractivity contribution in [3.05, 3.63) is 51.6 Å². The molecule has 0 spiro atoms. The highest BCUT2D eigenvalue weighted by Gasteiger charge is 2.08. The summed E-state index contributed by atoms with van der Waals surface area (Å²) in [6, 6.07) is 3.54. The van der Waals surface area contributed by atoms with Gasteiger partial charge in [0.05, 0.1) is 5.56 Å². The predicted molar refractivity (Wildman–Crippen MR) is 60.2 cm³/mol. The molecule has 0 N–H and O–H groups in total. The van der Waals surface area contributed by atoms with Crippen LogP contribution in [0.3, 0.4) is 0 Å². The van der Waals surface area contributed by atoms with Crippen molar-refractivity contribution < 1.29 is 0 Å². The fourth-order valence-electron chi connectivity index (χ4n) is 1.53. The SMILES string of the molecule is Cn1cc(-c2cccnc2)c(=O)n(C)c1=O. The molecule has 2 rings (SSSR count). The minimum absolute atomic E-state index is 0.309. The summed E-state index contributed by atoms with van der Waals surface area (Å²) in [6.45, 7) is 0. The average Bonchev–Trinajstić information content (AvgIpc) is 2.32. The van der Waals surface area contributed by atoms with E-state index in [1.807, 2.05) is 0 Å². The third kappa shape index (κ3) is 1.56. The van der Waals surface area contributed by atoms with E-state index in [-0.39, 0.29) is 11.2 Å². The van der Waals surface area contributed by atoms with Gasteiger partial charge in [-0.3, -0.25) is 14.3 Å². The highest BCUT2D eigenvalue weighted by molar-refractivity contribution is 5.59. The molecule has 0 unspecified atom stereocenters. The second kappa shape index (κ2) is 3.77. The quantitative estimate of drug-likeness (QED) is 0.683. The van der Waals surface area contributed by atoms with Crippen molar-refractivity contribution in [2.75, 3.05) is 0 Å². The van der Waals surface area contributed by atoms with Gasteiger partial charge in [0.2, 0.25) is 0 Å². The summed E-state index contributed by atoms with van der Waals surface area (Å²) in [4.78, 5) is 27.3. The van der Waals surface area contributed by atoms with Crippen LogP contribution in [0, 0.1) is 0 Å². The molecule has 0 aliphatic carbocycles. The Kier molecular flexibility index (Phi) is 2.44. The first-order valence-corrected chi connectivity index (χ1v) is 4.78. The zero-order chi connectivity index (χ0) is 11.7. The van der Waals surface area contributed by atoms with E-state index in [9.17, 15) is 9.59 Å². The van der Waals surface area contributed by atoms with E-state index in [1.54, 1.807) is 31.6 Å². The molecule has 2 aromatic heterocycles. The Morgan fingerprint density at radius 2 is 2.00 bits per heavy atom. The monoisotopic (exact) mass is 217 g/mol. The maximum atomic E-state index is 11.9. The molecule has 0 atom stereocenters. The molecular weight excluding hydrogens is 206 g/mol. The molecule has 16 heavy (non-hydrogen) atoms. The molecule has 0 fully saturated rings. The van der Waals surface area contributed by atoms with E-state index in [1.165, 1.54) is 17.8 Å². The van der Waals surface area contributed by atoms with Crippen LogP contribution >= 0.6 is 0 Å². The van der Waals surface area contributed by atoms with Gasteiger partial charge < -0.3 is 4.57 Å². The third-order valence-corrected chi connectivity index (χ3v) is 2.42. The molecule has 82 valence electrons. The molecule has 0 saturated heterocycles. The first-order chi connectivity index (χ1) is 7.61. The molecule has 0 aliphatic rings. The number of hydrogen-bond donors (Lipinski definition) is 0. The molecular formula is C11H11N3O2. The minimum Gasteiger partial charge on any atom is -0.303 e. The van der Waals surface area contributed by atoms with Gasteiger partial charge in [0, 0.05) is 38.2 Å². The Balaban J connectivity index is 2.78. The Morgan fingerprint density at radius 1 is 1.25 bits per heavy atom. The van der Waals surface area contributed by atoms with Crippen LogP contribution in [-0.4, -0.2) is 14.1 Å². The van der Waals surface area contributed by atoms with Gasteiger partial charge in [0.1, 0.15) is 0 Å². The van der Waals surface area contributed by atoms with E-state index < -0.39 is 0 Å². The zero-order valence-corrected chi connectivity index (χ0v) is 9.04. The lowest BCUT2D eigenvalue weighted by atomic mass is 10.1. The van der Waals surface area contributed by atoms with Crippen LogP contribution in [0.1, 0.15) is 0 Å². The van der Waals surface area contributed by atoms with Gasteiger partial charge in [-0.05, 0) is 6.07 Å².